The van der Waals surface area contributed by atoms with Gasteiger partial charge in [0.15, 0.2) is 0 Å². The first kappa shape index (κ1) is 14.9. The van der Waals surface area contributed by atoms with E-state index in [1.807, 2.05) is 6.92 Å². The Bertz CT molecular complexity index is 300. The number of hydrogen-bond acceptors (Lipinski definition) is 4. The Hall–Kier alpha value is -0.170. The van der Waals surface area contributed by atoms with Gasteiger partial charge >= 0.3 is 0 Å². The first-order valence-corrected chi connectivity index (χ1v) is 8.04. The molecule has 0 atom stereocenters. The summed E-state index contributed by atoms with van der Waals surface area (Å²) in [6, 6.07) is 0. The second kappa shape index (κ2) is 7.31. The van der Waals surface area contributed by atoms with Crippen LogP contribution in [0, 0.1) is 0 Å². The molecule has 0 amide bonds. The Morgan fingerprint density at radius 3 is 2.53 bits per heavy atom. The molecular weight excluding hydrogens is 238 g/mol. The van der Waals surface area contributed by atoms with Gasteiger partial charge in [-0.3, -0.25) is 0 Å². The summed E-state index contributed by atoms with van der Waals surface area (Å²) in [7, 11) is -1.40. The predicted molar refractivity (Wildman–Crippen MR) is 70.6 cm³/mol. The third-order valence-electron chi connectivity index (χ3n) is 3.19. The number of nitrogens with one attached hydrogen (secondary N) is 1. The highest BCUT2D eigenvalue weighted by atomic mass is 32.2. The van der Waals surface area contributed by atoms with Crippen LogP contribution in [-0.2, 0) is 10.0 Å². The molecule has 0 unspecified atom stereocenters. The van der Waals surface area contributed by atoms with Gasteiger partial charge in [0.05, 0.1) is 5.75 Å². The Morgan fingerprint density at radius 2 is 1.94 bits per heavy atom. The number of hydrogen-bond donors (Lipinski definition) is 1. The molecule has 1 heterocycles. The number of rotatable bonds is 8. The average molecular weight is 263 g/mol. The van der Waals surface area contributed by atoms with Crippen LogP contribution in [0.4, 0.5) is 0 Å². The van der Waals surface area contributed by atoms with Crippen molar-refractivity contribution in [2.45, 2.75) is 19.8 Å². The van der Waals surface area contributed by atoms with Crippen molar-refractivity contribution in [2.24, 2.45) is 0 Å². The van der Waals surface area contributed by atoms with Crippen LogP contribution in [0.25, 0.3) is 0 Å². The number of likely N-dealkylation sites (tertiary alicyclic amines) is 1. The molecule has 0 radical (unpaired) electrons. The Labute approximate surface area is 105 Å². The zero-order valence-corrected chi connectivity index (χ0v) is 11.8. The highest BCUT2D eigenvalue weighted by Gasteiger charge is 2.19. The Kier molecular flexibility index (Phi) is 6.40. The third kappa shape index (κ3) is 5.33. The van der Waals surface area contributed by atoms with Crippen molar-refractivity contribution in [2.75, 3.05) is 52.1 Å². The molecule has 1 saturated heterocycles. The number of likely N-dealkylation sites (N-methyl/N-ethyl adjacent to an activating group) is 1. The molecule has 0 aromatic carbocycles. The molecule has 1 aliphatic rings. The van der Waals surface area contributed by atoms with Gasteiger partial charge in [-0.1, -0.05) is 6.92 Å². The van der Waals surface area contributed by atoms with Crippen LogP contribution in [0.3, 0.4) is 0 Å². The van der Waals surface area contributed by atoms with Crippen molar-refractivity contribution in [1.29, 1.82) is 0 Å². The van der Waals surface area contributed by atoms with Gasteiger partial charge in [0.25, 0.3) is 0 Å². The van der Waals surface area contributed by atoms with Crippen molar-refractivity contribution in [1.82, 2.24) is 14.5 Å². The van der Waals surface area contributed by atoms with E-state index in [4.69, 9.17) is 0 Å². The van der Waals surface area contributed by atoms with Crippen molar-refractivity contribution in [3.05, 3.63) is 0 Å². The topological polar surface area (TPSA) is 52.7 Å². The fourth-order valence-corrected chi connectivity index (χ4v) is 3.04. The van der Waals surface area contributed by atoms with E-state index in [1.165, 1.54) is 17.1 Å². The minimum absolute atomic E-state index is 0.192. The first-order chi connectivity index (χ1) is 8.06. The lowest BCUT2D eigenvalue weighted by atomic mass is 10.4. The second-order valence-corrected chi connectivity index (χ2v) is 6.74. The molecular formula is C11H25N3O2S. The summed E-state index contributed by atoms with van der Waals surface area (Å²) in [5, 5.41) is 3.04. The molecule has 0 bridgehead atoms. The van der Waals surface area contributed by atoms with E-state index in [9.17, 15) is 8.42 Å². The molecule has 17 heavy (non-hydrogen) atoms. The minimum atomic E-state index is -3.08. The lowest BCUT2D eigenvalue weighted by molar-refractivity contribution is 0.310. The highest BCUT2D eigenvalue weighted by molar-refractivity contribution is 7.89. The molecule has 102 valence electrons. The largest absolute Gasteiger partial charge is 0.316 e. The van der Waals surface area contributed by atoms with Crippen LogP contribution in [0.5, 0.6) is 0 Å². The lowest BCUT2D eigenvalue weighted by Crippen LogP contribution is -2.38. The summed E-state index contributed by atoms with van der Waals surface area (Å²) in [5.74, 6) is 0.192. The zero-order valence-electron chi connectivity index (χ0n) is 11.0. The SMILES string of the molecule is CCNCCS(=O)(=O)N(C)CCN1CCCC1. The maximum Gasteiger partial charge on any atom is 0.215 e. The van der Waals surface area contributed by atoms with Crippen molar-refractivity contribution < 1.29 is 8.42 Å². The van der Waals surface area contributed by atoms with Gasteiger partial charge < -0.3 is 10.2 Å². The molecule has 1 aliphatic heterocycles. The summed E-state index contributed by atoms with van der Waals surface area (Å²) in [4.78, 5) is 2.33. The third-order valence-corrected chi connectivity index (χ3v) is 5.04. The summed E-state index contributed by atoms with van der Waals surface area (Å²) in [5.41, 5.74) is 0. The monoisotopic (exact) mass is 263 g/mol. The first-order valence-electron chi connectivity index (χ1n) is 6.43. The number of nitrogens with zero attached hydrogens (tertiary/aromatic N) is 2. The van der Waals surface area contributed by atoms with E-state index in [0.29, 0.717) is 13.1 Å². The van der Waals surface area contributed by atoms with Crippen molar-refractivity contribution in [3.63, 3.8) is 0 Å². The quantitative estimate of drug-likeness (QED) is 0.624. The fraction of sp³-hybridized carbons (Fsp3) is 1.00. The molecule has 0 saturated carbocycles. The van der Waals surface area contributed by atoms with Gasteiger partial charge in [-0.25, -0.2) is 12.7 Å². The summed E-state index contributed by atoms with van der Waals surface area (Å²) < 4.78 is 25.2. The smallest absolute Gasteiger partial charge is 0.215 e. The van der Waals surface area contributed by atoms with Gasteiger partial charge in [0.2, 0.25) is 10.0 Å². The summed E-state index contributed by atoms with van der Waals surface area (Å²) >= 11 is 0. The summed E-state index contributed by atoms with van der Waals surface area (Å²) in [6.45, 7) is 7.02. The molecule has 6 heteroatoms. The van der Waals surface area contributed by atoms with Gasteiger partial charge in [-0.15, -0.1) is 0 Å². The molecule has 5 nitrogen and oxygen atoms in total. The Balaban J connectivity index is 2.26. The minimum Gasteiger partial charge on any atom is -0.316 e. The van der Waals surface area contributed by atoms with E-state index in [0.717, 1.165) is 26.2 Å². The standard InChI is InChI=1S/C11H25N3O2S/c1-3-12-6-11-17(15,16)13(2)9-10-14-7-4-5-8-14/h12H,3-11H2,1-2H3. The molecule has 0 spiro atoms. The zero-order chi connectivity index (χ0) is 12.7. The predicted octanol–water partition coefficient (Wildman–Crippen LogP) is -0.0467. The maximum atomic E-state index is 11.9. The molecule has 0 aliphatic carbocycles. The van der Waals surface area contributed by atoms with Crippen LogP contribution in [0.1, 0.15) is 19.8 Å². The highest BCUT2D eigenvalue weighted by Crippen LogP contribution is 2.07. The molecule has 1 rings (SSSR count). The number of sulfonamides is 1. The van der Waals surface area contributed by atoms with Crippen LogP contribution in [0.15, 0.2) is 0 Å². The van der Waals surface area contributed by atoms with E-state index in [2.05, 4.69) is 10.2 Å². The van der Waals surface area contributed by atoms with Gasteiger partial charge in [0, 0.05) is 26.7 Å². The van der Waals surface area contributed by atoms with Crippen LogP contribution < -0.4 is 5.32 Å². The van der Waals surface area contributed by atoms with Crippen LogP contribution >= 0.6 is 0 Å². The summed E-state index contributed by atoms with van der Waals surface area (Å²) in [6.07, 6.45) is 2.49. The Morgan fingerprint density at radius 1 is 1.29 bits per heavy atom. The van der Waals surface area contributed by atoms with E-state index >= 15 is 0 Å². The van der Waals surface area contributed by atoms with Crippen molar-refractivity contribution >= 4 is 10.0 Å². The molecule has 0 aromatic heterocycles. The maximum absolute atomic E-state index is 11.9. The lowest BCUT2D eigenvalue weighted by Gasteiger charge is -2.21. The van der Waals surface area contributed by atoms with E-state index in [1.54, 1.807) is 7.05 Å². The van der Waals surface area contributed by atoms with E-state index < -0.39 is 10.0 Å². The fourth-order valence-electron chi connectivity index (χ4n) is 1.96. The van der Waals surface area contributed by atoms with Gasteiger partial charge in [-0.05, 0) is 32.5 Å². The second-order valence-electron chi connectivity index (χ2n) is 4.54. The van der Waals surface area contributed by atoms with Gasteiger partial charge in [-0.2, -0.15) is 0 Å². The normalized spacial score (nSPS) is 18.1. The van der Waals surface area contributed by atoms with Crippen molar-refractivity contribution in [3.8, 4) is 0 Å². The molecule has 1 N–H and O–H groups in total. The van der Waals surface area contributed by atoms with Crippen LogP contribution in [0.2, 0.25) is 0 Å². The van der Waals surface area contributed by atoms with E-state index in [-0.39, 0.29) is 5.75 Å². The van der Waals surface area contributed by atoms with Gasteiger partial charge in [0.1, 0.15) is 0 Å². The average Bonchev–Trinajstić information content (AvgIpc) is 2.78. The van der Waals surface area contributed by atoms with Crippen LogP contribution in [-0.4, -0.2) is 69.7 Å². The molecule has 0 aromatic rings. The molecule has 1 fully saturated rings.